The Labute approximate surface area is 187 Å². The van der Waals surface area contributed by atoms with Crippen LogP contribution in [0.3, 0.4) is 0 Å². The summed E-state index contributed by atoms with van der Waals surface area (Å²) in [6.07, 6.45) is 21.9. The molecule has 3 nitrogen and oxygen atoms in total. The van der Waals surface area contributed by atoms with E-state index in [-0.39, 0.29) is 43.3 Å². The quantitative estimate of drug-likeness (QED) is 0.121. The molecule has 5 heteroatoms. The first kappa shape index (κ1) is 34.8. The van der Waals surface area contributed by atoms with Crippen molar-refractivity contribution >= 4 is 8.80 Å². The van der Waals surface area contributed by atoms with Gasteiger partial charge in [-0.15, -0.1) is 6.42 Å². The van der Waals surface area contributed by atoms with Gasteiger partial charge in [-0.05, 0) is 6.42 Å². The number of allylic oxidation sites excluding steroid dienone is 4. The molecule has 164 valence electrons. The van der Waals surface area contributed by atoms with Crippen LogP contribution in [0.4, 0.5) is 0 Å². The minimum atomic E-state index is -2.33. The molecule has 1 aliphatic carbocycles. The Morgan fingerprint density at radius 3 is 1.63 bits per heavy atom. The Hall–Kier alpha value is 0.265. The van der Waals surface area contributed by atoms with Crippen molar-refractivity contribution in [1.29, 1.82) is 0 Å². The van der Waals surface area contributed by atoms with Crippen molar-refractivity contribution in [2.75, 3.05) is 21.3 Å². The van der Waals surface area contributed by atoms with E-state index in [1.807, 2.05) is 0 Å². The fourth-order valence-corrected chi connectivity index (χ4v) is 4.87. The zero-order chi connectivity index (χ0) is 16.8. The predicted octanol–water partition coefficient (Wildman–Crippen LogP) is 6.80. The first-order valence-electron chi connectivity index (χ1n) is 9.18. The molecule has 0 amide bonds. The third-order valence-corrected chi connectivity index (χ3v) is 7.46. The molecule has 1 rings (SSSR count). The van der Waals surface area contributed by atoms with Gasteiger partial charge in [0, 0.05) is 27.4 Å². The minimum Gasteiger partial charge on any atom is -0.377 e. The molecule has 0 fully saturated rings. The molecule has 0 aromatic heterocycles. The van der Waals surface area contributed by atoms with Gasteiger partial charge >= 0.3 is 29.9 Å². The fourth-order valence-electron chi connectivity index (χ4n) is 3.07. The van der Waals surface area contributed by atoms with E-state index < -0.39 is 8.80 Å². The molecule has 0 atom stereocenters. The van der Waals surface area contributed by atoms with Crippen molar-refractivity contribution in [2.24, 2.45) is 0 Å². The average Bonchev–Trinajstić information content (AvgIpc) is 3.10. The summed E-state index contributed by atoms with van der Waals surface area (Å²) in [5.74, 6) is 0. The number of rotatable bonds is 15. The zero-order valence-corrected chi connectivity index (χ0v) is 22.0. The first-order chi connectivity index (χ1) is 11.3. The summed E-state index contributed by atoms with van der Waals surface area (Å²) in [6.45, 7) is 0. The molecule has 0 aromatic rings. The fraction of sp³-hybridized carbons (Fsp3) is 0.682. The van der Waals surface area contributed by atoms with E-state index in [1.54, 1.807) is 21.3 Å². The largest absolute Gasteiger partial charge is 4.00 e. The molecule has 0 unspecified atom stereocenters. The van der Waals surface area contributed by atoms with Gasteiger partial charge in [0.1, 0.15) is 0 Å². The number of unbranched alkanes of at least 4 members (excludes halogenated alkanes) is 8. The van der Waals surface area contributed by atoms with Crippen molar-refractivity contribution in [3.05, 3.63) is 46.1 Å². The maximum Gasteiger partial charge on any atom is 4.00 e. The second-order valence-corrected chi connectivity index (χ2v) is 9.38. The summed E-state index contributed by atoms with van der Waals surface area (Å²) in [6, 6.07) is 0.928. The molecule has 0 heterocycles. The first-order valence-corrected chi connectivity index (χ1v) is 11.1. The van der Waals surface area contributed by atoms with Crippen LogP contribution in [0.1, 0.15) is 70.6 Å². The molecular weight excluding hydrogens is 535 g/mol. The van der Waals surface area contributed by atoms with Gasteiger partial charge in [-0.25, -0.2) is 11.6 Å². The summed E-state index contributed by atoms with van der Waals surface area (Å²) in [7, 11) is 2.74. The van der Waals surface area contributed by atoms with E-state index in [1.165, 1.54) is 63.4 Å². The second-order valence-electron chi connectivity index (χ2n) is 6.29. The molecule has 1 aliphatic rings. The number of hydrogen-bond acceptors (Lipinski definition) is 3. The SMILES string of the molecule is CO[Si](CCCCCCCCCCCC1=[C-]CC=C1)(OC)OC.[CH3-].[CH3-].[CH3-].[Pt+4]. The normalized spacial score (nSPS) is 12.3. The third kappa shape index (κ3) is 15.8. The molecule has 0 saturated carbocycles. The van der Waals surface area contributed by atoms with Crippen LogP contribution in [-0.4, -0.2) is 30.1 Å². The Morgan fingerprint density at radius 1 is 0.778 bits per heavy atom. The molecule has 0 aliphatic heterocycles. The van der Waals surface area contributed by atoms with Crippen LogP contribution in [0.2, 0.25) is 6.04 Å². The van der Waals surface area contributed by atoms with Crippen LogP contribution < -0.4 is 0 Å². The summed E-state index contributed by atoms with van der Waals surface area (Å²) in [4.78, 5) is 0. The summed E-state index contributed by atoms with van der Waals surface area (Å²) >= 11 is 0. The summed E-state index contributed by atoms with van der Waals surface area (Å²) in [5.41, 5.74) is 1.42. The second kappa shape index (κ2) is 22.6. The van der Waals surface area contributed by atoms with Crippen molar-refractivity contribution in [3.63, 3.8) is 0 Å². The van der Waals surface area contributed by atoms with Crippen molar-refractivity contribution < 1.29 is 34.3 Å². The standard InChI is InChI=1S/C19H35O3Si.3CH3.Pt/c1-20-23(21-2,22-3)18-14-10-8-6-4-5-7-9-11-15-19-16-12-13-17-19;;;;/h12,16H,4-11,13-15,18H2,1-3H3;3*1H3;/q4*-1;+4. The number of hydrogen-bond donors (Lipinski definition) is 0. The summed E-state index contributed by atoms with van der Waals surface area (Å²) in [5, 5.41) is 0. The maximum atomic E-state index is 5.44. The molecule has 27 heavy (non-hydrogen) atoms. The molecule has 0 bridgehead atoms. The third-order valence-electron chi connectivity index (χ3n) is 4.63. The molecule has 0 aromatic carbocycles. The smallest absolute Gasteiger partial charge is 0.377 e. The van der Waals surface area contributed by atoms with Crippen LogP contribution in [0.15, 0.2) is 17.7 Å². The molecular formula is C22H44O3PtSi. The van der Waals surface area contributed by atoms with Gasteiger partial charge in [-0.3, -0.25) is 6.08 Å². The predicted molar refractivity (Wildman–Crippen MR) is 118 cm³/mol. The monoisotopic (exact) mass is 579 g/mol. The van der Waals surface area contributed by atoms with Crippen LogP contribution in [0.25, 0.3) is 0 Å². The van der Waals surface area contributed by atoms with E-state index in [0.717, 1.165) is 18.9 Å². The van der Waals surface area contributed by atoms with Crippen LogP contribution in [-0.2, 0) is 34.3 Å². The van der Waals surface area contributed by atoms with Gasteiger partial charge < -0.3 is 35.6 Å². The van der Waals surface area contributed by atoms with E-state index in [2.05, 4.69) is 18.2 Å². The van der Waals surface area contributed by atoms with Crippen LogP contribution in [0.5, 0.6) is 0 Å². The van der Waals surface area contributed by atoms with E-state index in [9.17, 15) is 0 Å². The van der Waals surface area contributed by atoms with Gasteiger partial charge in [-0.1, -0.05) is 57.8 Å². The average molecular weight is 580 g/mol. The molecule has 0 N–H and O–H groups in total. The molecule has 0 radical (unpaired) electrons. The maximum absolute atomic E-state index is 5.44. The van der Waals surface area contributed by atoms with E-state index in [0.29, 0.717) is 0 Å². The topological polar surface area (TPSA) is 27.7 Å². The van der Waals surface area contributed by atoms with Gasteiger partial charge in [0.15, 0.2) is 0 Å². The van der Waals surface area contributed by atoms with Crippen molar-refractivity contribution in [3.8, 4) is 0 Å². The van der Waals surface area contributed by atoms with Gasteiger partial charge in [0.2, 0.25) is 0 Å². The van der Waals surface area contributed by atoms with E-state index >= 15 is 0 Å². The Bertz CT molecular complexity index is 347. The van der Waals surface area contributed by atoms with Crippen LogP contribution in [0, 0.1) is 28.4 Å². The molecule has 0 spiro atoms. The summed E-state index contributed by atoms with van der Waals surface area (Å²) < 4.78 is 16.3. The van der Waals surface area contributed by atoms with Crippen LogP contribution >= 0.6 is 0 Å². The van der Waals surface area contributed by atoms with Gasteiger partial charge in [0.05, 0.1) is 0 Å². The Kier molecular flexibility index (Phi) is 29.0. The van der Waals surface area contributed by atoms with E-state index in [4.69, 9.17) is 13.3 Å². The zero-order valence-electron chi connectivity index (χ0n) is 18.7. The minimum absolute atomic E-state index is 0. The molecule has 0 saturated heterocycles. The van der Waals surface area contributed by atoms with Gasteiger partial charge in [0.25, 0.3) is 0 Å². The van der Waals surface area contributed by atoms with Gasteiger partial charge in [-0.2, -0.15) is 6.08 Å². The Balaban J connectivity index is -0.000000661. The van der Waals surface area contributed by atoms with Crippen molar-refractivity contribution in [1.82, 2.24) is 0 Å². The van der Waals surface area contributed by atoms with Crippen molar-refractivity contribution in [2.45, 2.75) is 76.7 Å². The Morgan fingerprint density at radius 2 is 1.22 bits per heavy atom.